The zero-order valence-corrected chi connectivity index (χ0v) is 18.9. The molecule has 31 heavy (non-hydrogen) atoms. The molecule has 5 rings (SSSR count). The summed E-state index contributed by atoms with van der Waals surface area (Å²) in [5.41, 5.74) is 3.61. The molecule has 1 fully saturated rings. The summed E-state index contributed by atoms with van der Waals surface area (Å²) in [7, 11) is 4.01. The Morgan fingerprint density at radius 2 is 1.97 bits per heavy atom. The lowest BCUT2D eigenvalue weighted by molar-refractivity contribution is -0.00170. The van der Waals surface area contributed by atoms with Crippen LogP contribution in [-0.2, 0) is 6.42 Å². The molecule has 7 heteroatoms. The molecule has 0 saturated carbocycles. The molecular formula is C24H29ClN4O2. The summed E-state index contributed by atoms with van der Waals surface area (Å²) < 4.78 is 12.2. The predicted octanol–water partition coefficient (Wildman–Crippen LogP) is 3.84. The quantitative estimate of drug-likeness (QED) is 0.653. The van der Waals surface area contributed by atoms with E-state index >= 15 is 0 Å². The number of anilines is 1. The molecule has 3 heterocycles. The second kappa shape index (κ2) is 8.61. The van der Waals surface area contributed by atoms with Crippen molar-refractivity contribution in [2.24, 2.45) is 0 Å². The first-order valence-electron chi connectivity index (χ1n) is 10.9. The largest absolute Gasteiger partial charge is 0.482 e. The number of fused-ring (bicyclic) bond motifs is 2. The van der Waals surface area contributed by atoms with E-state index in [1.54, 1.807) is 0 Å². The third kappa shape index (κ3) is 4.20. The maximum atomic E-state index is 6.12. The van der Waals surface area contributed by atoms with Crippen molar-refractivity contribution < 1.29 is 9.47 Å². The molecule has 2 aromatic carbocycles. The fourth-order valence-corrected chi connectivity index (χ4v) is 4.61. The van der Waals surface area contributed by atoms with Gasteiger partial charge in [-0.3, -0.25) is 9.80 Å². The summed E-state index contributed by atoms with van der Waals surface area (Å²) >= 11 is 6.10. The number of hydrogen-bond acceptors (Lipinski definition) is 5. The molecule has 2 aliphatic heterocycles. The first-order valence-corrected chi connectivity index (χ1v) is 11.3. The van der Waals surface area contributed by atoms with Crippen LogP contribution in [-0.4, -0.2) is 74.4 Å². The molecule has 164 valence electrons. The Balaban J connectivity index is 1.20. The van der Waals surface area contributed by atoms with Crippen molar-refractivity contribution >= 4 is 28.2 Å². The molecule has 0 amide bonds. The minimum atomic E-state index is -0.0415. The van der Waals surface area contributed by atoms with Crippen LogP contribution in [0.1, 0.15) is 5.56 Å². The fourth-order valence-electron chi connectivity index (χ4n) is 4.44. The average molecular weight is 441 g/mol. The van der Waals surface area contributed by atoms with Crippen molar-refractivity contribution in [2.45, 2.75) is 12.6 Å². The first-order chi connectivity index (χ1) is 15.1. The van der Waals surface area contributed by atoms with Crippen molar-refractivity contribution in [3.8, 4) is 11.5 Å². The van der Waals surface area contributed by atoms with E-state index in [0.717, 1.165) is 66.9 Å². The fraction of sp³-hybridized carbons (Fsp3) is 0.417. The van der Waals surface area contributed by atoms with Crippen LogP contribution >= 0.6 is 11.6 Å². The number of nitrogens with one attached hydrogen (secondary N) is 1. The number of rotatable bonds is 5. The number of ether oxygens (including phenoxy) is 2. The molecule has 1 N–H and O–H groups in total. The Morgan fingerprint density at radius 1 is 1.13 bits per heavy atom. The molecule has 0 spiro atoms. The van der Waals surface area contributed by atoms with Gasteiger partial charge in [0, 0.05) is 54.8 Å². The second-order valence-corrected chi connectivity index (χ2v) is 8.97. The standard InChI is InChI=1S/C24H29ClN4O2/c1-27(2)23-16-30-24-21(4-3-5-22(24)31-23)29-12-10-28(11-13-29)9-8-17-15-26-20-14-18(25)6-7-19(17)20/h3-7,14-15,23,26H,8-13,16H2,1-2H3. The predicted molar refractivity (Wildman–Crippen MR) is 126 cm³/mol. The van der Waals surface area contributed by atoms with Crippen molar-refractivity contribution in [1.82, 2.24) is 14.8 Å². The summed E-state index contributed by atoms with van der Waals surface area (Å²) in [4.78, 5) is 10.3. The van der Waals surface area contributed by atoms with Crippen LogP contribution < -0.4 is 14.4 Å². The molecule has 2 aliphatic rings. The van der Waals surface area contributed by atoms with Gasteiger partial charge in [0.25, 0.3) is 0 Å². The van der Waals surface area contributed by atoms with E-state index < -0.39 is 0 Å². The monoisotopic (exact) mass is 440 g/mol. The van der Waals surface area contributed by atoms with Gasteiger partial charge in [0.2, 0.25) is 0 Å². The molecule has 3 aromatic rings. The number of H-pyrrole nitrogens is 1. The van der Waals surface area contributed by atoms with Crippen LogP contribution in [0.5, 0.6) is 11.5 Å². The Labute approximate surface area is 188 Å². The lowest BCUT2D eigenvalue weighted by Crippen LogP contribution is -2.47. The highest BCUT2D eigenvalue weighted by Crippen LogP contribution is 2.41. The van der Waals surface area contributed by atoms with Gasteiger partial charge in [-0.2, -0.15) is 0 Å². The number of piperazine rings is 1. The van der Waals surface area contributed by atoms with Crippen LogP contribution in [0.4, 0.5) is 5.69 Å². The highest BCUT2D eigenvalue weighted by molar-refractivity contribution is 6.31. The number of aromatic nitrogens is 1. The lowest BCUT2D eigenvalue weighted by atomic mass is 10.1. The third-order valence-electron chi connectivity index (χ3n) is 6.31. The molecule has 0 radical (unpaired) electrons. The number of para-hydroxylation sites is 1. The van der Waals surface area contributed by atoms with Gasteiger partial charge in [-0.15, -0.1) is 0 Å². The molecule has 0 bridgehead atoms. The van der Waals surface area contributed by atoms with Gasteiger partial charge in [0.15, 0.2) is 17.7 Å². The Morgan fingerprint density at radius 3 is 2.77 bits per heavy atom. The maximum Gasteiger partial charge on any atom is 0.186 e. The number of benzene rings is 2. The van der Waals surface area contributed by atoms with E-state index in [1.807, 2.05) is 37.2 Å². The summed E-state index contributed by atoms with van der Waals surface area (Å²) in [5.74, 6) is 1.72. The number of nitrogens with zero attached hydrogens (tertiary/aromatic N) is 3. The number of halogens is 1. The van der Waals surface area contributed by atoms with Crippen molar-refractivity contribution in [2.75, 3.05) is 58.3 Å². The van der Waals surface area contributed by atoms with Gasteiger partial charge < -0.3 is 19.4 Å². The zero-order chi connectivity index (χ0) is 21.4. The van der Waals surface area contributed by atoms with Gasteiger partial charge in [0.1, 0.15) is 6.61 Å². The summed E-state index contributed by atoms with van der Waals surface area (Å²) in [6.07, 6.45) is 3.11. The van der Waals surface area contributed by atoms with Gasteiger partial charge in [-0.1, -0.05) is 23.7 Å². The molecule has 6 nitrogen and oxygen atoms in total. The van der Waals surface area contributed by atoms with Crippen LogP contribution in [0.25, 0.3) is 10.9 Å². The smallest absolute Gasteiger partial charge is 0.186 e. The molecule has 1 saturated heterocycles. The van der Waals surface area contributed by atoms with Gasteiger partial charge >= 0.3 is 0 Å². The van der Waals surface area contributed by atoms with E-state index in [2.05, 4.69) is 39.2 Å². The van der Waals surface area contributed by atoms with Gasteiger partial charge in [-0.05, 0) is 50.3 Å². The Hall–Kier alpha value is -2.41. The van der Waals surface area contributed by atoms with Crippen molar-refractivity contribution in [3.63, 3.8) is 0 Å². The minimum Gasteiger partial charge on any atom is -0.482 e. The Kier molecular flexibility index (Phi) is 5.69. The summed E-state index contributed by atoms with van der Waals surface area (Å²) in [5, 5.41) is 2.04. The van der Waals surface area contributed by atoms with Crippen LogP contribution in [0.3, 0.4) is 0 Å². The van der Waals surface area contributed by atoms with Crippen LogP contribution in [0.2, 0.25) is 5.02 Å². The van der Waals surface area contributed by atoms with Crippen LogP contribution in [0.15, 0.2) is 42.6 Å². The van der Waals surface area contributed by atoms with Crippen molar-refractivity contribution in [1.29, 1.82) is 0 Å². The maximum absolute atomic E-state index is 6.12. The van der Waals surface area contributed by atoms with E-state index in [9.17, 15) is 0 Å². The van der Waals surface area contributed by atoms with E-state index in [0.29, 0.717) is 6.61 Å². The molecular weight excluding hydrogens is 412 g/mol. The highest BCUT2D eigenvalue weighted by atomic mass is 35.5. The van der Waals surface area contributed by atoms with Gasteiger partial charge in [-0.25, -0.2) is 0 Å². The first kappa shape index (κ1) is 20.5. The Bertz CT molecular complexity index is 1060. The van der Waals surface area contributed by atoms with E-state index in [1.165, 1.54) is 10.9 Å². The second-order valence-electron chi connectivity index (χ2n) is 8.53. The number of likely N-dealkylation sites (N-methyl/N-ethyl adjacent to an activating group) is 1. The van der Waals surface area contributed by atoms with E-state index in [-0.39, 0.29) is 6.23 Å². The number of hydrogen-bond donors (Lipinski definition) is 1. The minimum absolute atomic E-state index is 0.0415. The summed E-state index contributed by atoms with van der Waals surface area (Å²) in [6.45, 7) is 5.66. The highest BCUT2D eigenvalue weighted by Gasteiger charge is 2.28. The number of aromatic amines is 1. The third-order valence-corrected chi connectivity index (χ3v) is 6.54. The zero-order valence-electron chi connectivity index (χ0n) is 18.1. The SMILES string of the molecule is CN(C)C1COc2c(cccc2N2CCN(CCc3c[nH]c4cc(Cl)ccc34)CC2)O1. The molecule has 1 atom stereocenters. The van der Waals surface area contributed by atoms with Crippen LogP contribution in [0, 0.1) is 0 Å². The summed E-state index contributed by atoms with van der Waals surface area (Å²) in [6, 6.07) is 12.3. The molecule has 0 aliphatic carbocycles. The lowest BCUT2D eigenvalue weighted by Gasteiger charge is -2.38. The molecule has 1 unspecified atom stereocenters. The normalized spacial score (nSPS) is 19.4. The van der Waals surface area contributed by atoms with Crippen molar-refractivity contribution in [3.05, 3.63) is 53.2 Å². The molecule has 1 aromatic heterocycles. The topological polar surface area (TPSA) is 44.0 Å². The average Bonchev–Trinajstić information content (AvgIpc) is 3.19. The van der Waals surface area contributed by atoms with Gasteiger partial charge in [0.05, 0.1) is 5.69 Å². The van der Waals surface area contributed by atoms with E-state index in [4.69, 9.17) is 21.1 Å².